The number of rotatable bonds is 8. The molecule has 1 fully saturated rings. The van der Waals surface area contributed by atoms with Gasteiger partial charge in [-0.1, -0.05) is 26.0 Å². The molecule has 0 spiro atoms. The van der Waals surface area contributed by atoms with Crippen LogP contribution in [0.25, 0.3) is 0 Å². The van der Waals surface area contributed by atoms with Crippen LogP contribution in [0.2, 0.25) is 0 Å². The average molecular weight is 400 g/mol. The minimum Gasteiger partial charge on any atom is -0.467 e. The normalized spacial score (nSPS) is 17.4. The Morgan fingerprint density at radius 2 is 2.11 bits per heavy atom. The number of likely N-dealkylation sites (tertiary alicyclic amines) is 1. The summed E-state index contributed by atoms with van der Waals surface area (Å²) in [6, 6.07) is 12.5. The van der Waals surface area contributed by atoms with E-state index in [4.69, 9.17) is 16.6 Å². The van der Waals surface area contributed by atoms with E-state index in [-0.39, 0.29) is 0 Å². The summed E-state index contributed by atoms with van der Waals surface area (Å²) in [7, 11) is 0. The summed E-state index contributed by atoms with van der Waals surface area (Å²) in [5.74, 6) is 1.76. The molecule has 5 heteroatoms. The molecule has 0 bridgehead atoms. The number of piperidine rings is 1. The maximum absolute atomic E-state index is 5.74. The van der Waals surface area contributed by atoms with Gasteiger partial charge in [0.1, 0.15) is 5.76 Å². The molecule has 1 aromatic heterocycles. The third-order valence-corrected chi connectivity index (χ3v) is 5.83. The van der Waals surface area contributed by atoms with Gasteiger partial charge >= 0.3 is 0 Å². The quantitative estimate of drug-likeness (QED) is 0.620. The number of benzene rings is 1. The van der Waals surface area contributed by atoms with Crippen LogP contribution in [0.4, 0.5) is 5.69 Å². The molecule has 1 aliphatic rings. The van der Waals surface area contributed by atoms with Crippen molar-refractivity contribution in [3.8, 4) is 0 Å². The summed E-state index contributed by atoms with van der Waals surface area (Å²) in [6.45, 7) is 9.73. The molecule has 1 unspecified atom stereocenters. The number of furan rings is 1. The molecule has 1 aliphatic heterocycles. The highest BCUT2D eigenvalue weighted by atomic mass is 32.1. The summed E-state index contributed by atoms with van der Waals surface area (Å²) in [5.41, 5.74) is 2.37. The van der Waals surface area contributed by atoms with Crippen molar-refractivity contribution >= 4 is 23.0 Å². The second-order valence-electron chi connectivity index (χ2n) is 7.88. The fraction of sp³-hybridized carbons (Fsp3) is 0.522. The van der Waals surface area contributed by atoms with Gasteiger partial charge in [-0.05, 0) is 86.7 Å². The van der Waals surface area contributed by atoms with E-state index in [1.165, 1.54) is 31.5 Å². The third kappa shape index (κ3) is 6.35. The van der Waals surface area contributed by atoms with Gasteiger partial charge in [0.2, 0.25) is 0 Å². The largest absolute Gasteiger partial charge is 0.467 e. The van der Waals surface area contributed by atoms with Gasteiger partial charge in [-0.3, -0.25) is 0 Å². The van der Waals surface area contributed by atoms with Crippen LogP contribution in [-0.2, 0) is 13.0 Å². The number of nitrogens with zero attached hydrogens (tertiary/aromatic N) is 2. The van der Waals surface area contributed by atoms with Gasteiger partial charge in [-0.15, -0.1) is 0 Å². The van der Waals surface area contributed by atoms with Crippen LogP contribution in [0.3, 0.4) is 0 Å². The first-order chi connectivity index (χ1) is 13.6. The van der Waals surface area contributed by atoms with Gasteiger partial charge < -0.3 is 19.5 Å². The third-order valence-electron chi connectivity index (χ3n) is 5.47. The number of thiocarbonyl (C=S) groups is 1. The second kappa shape index (κ2) is 10.6. The fourth-order valence-corrected chi connectivity index (χ4v) is 4.12. The Labute approximate surface area is 174 Å². The monoisotopic (exact) mass is 399 g/mol. The molecule has 4 nitrogen and oxygen atoms in total. The molecule has 28 heavy (non-hydrogen) atoms. The van der Waals surface area contributed by atoms with Crippen LogP contribution in [0.15, 0.2) is 47.1 Å². The van der Waals surface area contributed by atoms with Gasteiger partial charge in [0, 0.05) is 18.8 Å². The number of nitrogens with one attached hydrogen (secondary N) is 1. The lowest BCUT2D eigenvalue weighted by molar-refractivity contribution is 0.177. The first-order valence-electron chi connectivity index (χ1n) is 10.5. The van der Waals surface area contributed by atoms with Crippen molar-refractivity contribution in [3.05, 3.63) is 54.0 Å². The Hall–Kier alpha value is -1.85. The van der Waals surface area contributed by atoms with Crippen LogP contribution in [0, 0.1) is 5.92 Å². The molecule has 0 aliphatic carbocycles. The highest BCUT2D eigenvalue weighted by Gasteiger charge is 2.17. The zero-order chi connectivity index (χ0) is 19.8. The van der Waals surface area contributed by atoms with E-state index in [1.54, 1.807) is 6.26 Å². The van der Waals surface area contributed by atoms with Crippen molar-refractivity contribution in [2.45, 2.75) is 46.1 Å². The van der Waals surface area contributed by atoms with Crippen LogP contribution < -0.4 is 5.32 Å². The predicted molar refractivity (Wildman–Crippen MR) is 121 cm³/mol. The van der Waals surface area contributed by atoms with Crippen molar-refractivity contribution in [2.24, 2.45) is 5.92 Å². The van der Waals surface area contributed by atoms with Gasteiger partial charge in [0.25, 0.3) is 0 Å². The van der Waals surface area contributed by atoms with Crippen molar-refractivity contribution < 1.29 is 4.42 Å². The van der Waals surface area contributed by atoms with Crippen LogP contribution in [0.5, 0.6) is 0 Å². The van der Waals surface area contributed by atoms with Crippen molar-refractivity contribution in [3.63, 3.8) is 0 Å². The molecule has 1 saturated heterocycles. The molecule has 0 amide bonds. The molecule has 2 aromatic rings. The lowest BCUT2D eigenvalue weighted by atomic mass is 10.0. The Balaban J connectivity index is 1.56. The highest BCUT2D eigenvalue weighted by Crippen LogP contribution is 2.16. The lowest BCUT2D eigenvalue weighted by Crippen LogP contribution is -2.39. The molecule has 3 rings (SSSR count). The lowest BCUT2D eigenvalue weighted by Gasteiger charge is -2.32. The summed E-state index contributed by atoms with van der Waals surface area (Å²) in [6.07, 6.45) is 6.56. The number of aryl methyl sites for hydroxylation is 1. The molecular formula is C23H33N3OS. The van der Waals surface area contributed by atoms with Crippen LogP contribution in [-0.4, -0.2) is 41.1 Å². The van der Waals surface area contributed by atoms with Gasteiger partial charge in [-0.25, -0.2) is 0 Å². The Kier molecular flexibility index (Phi) is 7.92. The van der Waals surface area contributed by atoms with E-state index in [0.717, 1.165) is 48.4 Å². The Morgan fingerprint density at radius 3 is 2.79 bits per heavy atom. The zero-order valence-electron chi connectivity index (χ0n) is 17.2. The van der Waals surface area contributed by atoms with Crippen LogP contribution in [0.1, 0.15) is 44.4 Å². The average Bonchev–Trinajstić information content (AvgIpc) is 3.21. The molecule has 1 aromatic carbocycles. The smallest absolute Gasteiger partial charge is 0.173 e. The summed E-state index contributed by atoms with van der Waals surface area (Å²) in [4.78, 5) is 4.81. The predicted octanol–water partition coefficient (Wildman–Crippen LogP) is 5.16. The SMILES string of the molecule is CCc1ccc(NC(=S)N(CCCN2CCCC(C)C2)Cc2ccco2)cc1. The molecule has 2 heterocycles. The molecule has 0 radical (unpaired) electrons. The molecular weight excluding hydrogens is 366 g/mol. The van der Waals surface area contributed by atoms with Crippen LogP contribution >= 0.6 is 12.2 Å². The van der Waals surface area contributed by atoms with Crippen molar-refractivity contribution in [2.75, 3.05) is 31.5 Å². The number of anilines is 1. The molecule has 1 atom stereocenters. The Morgan fingerprint density at radius 1 is 1.29 bits per heavy atom. The topological polar surface area (TPSA) is 31.6 Å². The van der Waals surface area contributed by atoms with E-state index in [2.05, 4.69) is 53.2 Å². The van der Waals surface area contributed by atoms with E-state index in [1.807, 2.05) is 12.1 Å². The second-order valence-corrected chi connectivity index (χ2v) is 8.27. The van der Waals surface area contributed by atoms with Gasteiger partial charge in [0.15, 0.2) is 5.11 Å². The first-order valence-corrected chi connectivity index (χ1v) is 10.9. The minimum absolute atomic E-state index is 0.697. The molecule has 0 saturated carbocycles. The summed E-state index contributed by atoms with van der Waals surface area (Å²) in [5, 5.41) is 4.16. The first kappa shape index (κ1) is 20.9. The van der Waals surface area contributed by atoms with E-state index >= 15 is 0 Å². The minimum atomic E-state index is 0.697. The van der Waals surface area contributed by atoms with E-state index < -0.39 is 0 Å². The molecule has 1 N–H and O–H groups in total. The van der Waals surface area contributed by atoms with Crippen molar-refractivity contribution in [1.29, 1.82) is 0 Å². The van der Waals surface area contributed by atoms with E-state index in [0.29, 0.717) is 6.54 Å². The standard InChI is InChI=1S/C23H33N3OS/c1-3-20-9-11-21(12-10-20)24-23(28)26(18-22-8-5-16-27-22)15-6-14-25-13-4-7-19(2)17-25/h5,8-12,16,19H,3-4,6-7,13-15,17-18H2,1-2H3,(H,24,28). The fourth-order valence-electron chi connectivity index (χ4n) is 3.84. The number of hydrogen-bond donors (Lipinski definition) is 1. The zero-order valence-corrected chi connectivity index (χ0v) is 18.0. The van der Waals surface area contributed by atoms with E-state index in [9.17, 15) is 0 Å². The summed E-state index contributed by atoms with van der Waals surface area (Å²) < 4.78 is 5.57. The summed E-state index contributed by atoms with van der Waals surface area (Å²) >= 11 is 5.74. The molecule has 152 valence electrons. The maximum atomic E-state index is 5.74. The van der Waals surface area contributed by atoms with Crippen molar-refractivity contribution in [1.82, 2.24) is 9.80 Å². The van der Waals surface area contributed by atoms with Gasteiger partial charge in [-0.2, -0.15) is 0 Å². The number of hydrogen-bond acceptors (Lipinski definition) is 3. The maximum Gasteiger partial charge on any atom is 0.173 e. The van der Waals surface area contributed by atoms with Gasteiger partial charge in [0.05, 0.1) is 12.8 Å². The Bertz CT molecular complexity index is 714. The highest BCUT2D eigenvalue weighted by molar-refractivity contribution is 7.80.